The molecule has 1 N–H and O–H groups in total. The predicted octanol–water partition coefficient (Wildman–Crippen LogP) is 4.05. The summed E-state index contributed by atoms with van der Waals surface area (Å²) in [6.07, 6.45) is 1.95. The molecular formula is C23H22N4O2. The minimum atomic E-state index is -0.155. The monoisotopic (exact) mass is 386 g/mol. The maximum absolute atomic E-state index is 12.3. The summed E-state index contributed by atoms with van der Waals surface area (Å²) < 4.78 is 7.50. The topological polar surface area (TPSA) is 68.5 Å². The first-order chi connectivity index (χ1) is 14.2. The molecule has 0 aliphatic carbocycles. The van der Waals surface area contributed by atoms with Gasteiger partial charge in [-0.15, -0.1) is 0 Å². The maximum Gasteiger partial charge on any atom is 0.241 e. The molecule has 0 aliphatic rings. The molecule has 0 atom stereocenters. The molecule has 0 saturated carbocycles. The number of ether oxygens (including phenoxy) is 1. The zero-order chi connectivity index (χ0) is 20.2. The highest BCUT2D eigenvalue weighted by Crippen LogP contribution is 2.26. The van der Waals surface area contributed by atoms with Gasteiger partial charge in [0, 0.05) is 18.5 Å². The third kappa shape index (κ3) is 3.82. The first kappa shape index (κ1) is 18.7. The fourth-order valence-corrected chi connectivity index (χ4v) is 3.50. The standard InChI is InChI=1S/C23H22N4O2/c1-16-25-20-9-5-6-10-21(20)27(16)14-13-23(28)26-24-15-19-18-8-4-3-7-17(18)11-12-22(19)29-2/h3-12,15H,13-14H2,1-2H3,(H,26,28)/b24-15+. The average molecular weight is 386 g/mol. The number of hydrazone groups is 1. The number of rotatable bonds is 6. The molecule has 0 unspecified atom stereocenters. The Bertz CT molecular complexity index is 1210. The van der Waals surface area contributed by atoms with Gasteiger partial charge in [-0.2, -0.15) is 5.10 Å². The number of carbonyl (C=O) groups is 1. The predicted molar refractivity (Wildman–Crippen MR) is 115 cm³/mol. The van der Waals surface area contributed by atoms with Gasteiger partial charge in [-0.1, -0.05) is 42.5 Å². The van der Waals surface area contributed by atoms with Gasteiger partial charge in [0.2, 0.25) is 5.91 Å². The molecule has 1 heterocycles. The van der Waals surface area contributed by atoms with Gasteiger partial charge < -0.3 is 9.30 Å². The van der Waals surface area contributed by atoms with E-state index in [1.807, 2.05) is 72.2 Å². The fourth-order valence-electron chi connectivity index (χ4n) is 3.50. The van der Waals surface area contributed by atoms with E-state index >= 15 is 0 Å². The van der Waals surface area contributed by atoms with E-state index in [1.54, 1.807) is 13.3 Å². The number of hydrogen-bond acceptors (Lipinski definition) is 4. The van der Waals surface area contributed by atoms with Crippen LogP contribution in [0.5, 0.6) is 5.75 Å². The van der Waals surface area contributed by atoms with Gasteiger partial charge in [0.15, 0.2) is 0 Å². The second-order valence-electron chi connectivity index (χ2n) is 6.75. The largest absolute Gasteiger partial charge is 0.496 e. The molecule has 0 saturated heterocycles. The molecule has 0 spiro atoms. The Kier molecular flexibility index (Phi) is 5.24. The van der Waals surface area contributed by atoms with E-state index in [4.69, 9.17) is 4.74 Å². The minimum Gasteiger partial charge on any atom is -0.496 e. The van der Waals surface area contributed by atoms with Crippen LogP contribution in [0.4, 0.5) is 0 Å². The van der Waals surface area contributed by atoms with Gasteiger partial charge in [0.1, 0.15) is 11.6 Å². The first-order valence-corrected chi connectivity index (χ1v) is 9.47. The van der Waals surface area contributed by atoms with Crippen molar-refractivity contribution in [2.45, 2.75) is 19.9 Å². The van der Waals surface area contributed by atoms with E-state index in [9.17, 15) is 4.79 Å². The number of benzene rings is 3. The zero-order valence-electron chi connectivity index (χ0n) is 16.4. The fraction of sp³-hybridized carbons (Fsp3) is 0.174. The number of nitrogens with zero attached hydrogens (tertiary/aromatic N) is 3. The highest BCUT2D eigenvalue weighted by molar-refractivity contribution is 6.02. The van der Waals surface area contributed by atoms with Crippen LogP contribution in [-0.4, -0.2) is 28.8 Å². The van der Waals surface area contributed by atoms with Crippen LogP contribution in [0.25, 0.3) is 21.8 Å². The van der Waals surface area contributed by atoms with Crippen LogP contribution in [0, 0.1) is 6.92 Å². The number of imidazole rings is 1. The highest BCUT2D eigenvalue weighted by atomic mass is 16.5. The normalized spacial score (nSPS) is 11.4. The summed E-state index contributed by atoms with van der Waals surface area (Å²) in [6, 6.07) is 19.8. The van der Waals surface area contributed by atoms with Gasteiger partial charge in [0.25, 0.3) is 0 Å². The quantitative estimate of drug-likeness (QED) is 0.402. The van der Waals surface area contributed by atoms with Crippen LogP contribution in [0.3, 0.4) is 0 Å². The van der Waals surface area contributed by atoms with Crippen molar-refractivity contribution in [3.05, 3.63) is 72.1 Å². The number of aromatic nitrogens is 2. The molecule has 0 fully saturated rings. The SMILES string of the molecule is COc1ccc2ccccc2c1/C=N/NC(=O)CCn1c(C)nc2ccccc21. The molecule has 0 bridgehead atoms. The zero-order valence-corrected chi connectivity index (χ0v) is 16.4. The van der Waals surface area contributed by atoms with Gasteiger partial charge >= 0.3 is 0 Å². The Morgan fingerprint density at radius 3 is 2.79 bits per heavy atom. The van der Waals surface area contributed by atoms with Gasteiger partial charge in [-0.05, 0) is 35.9 Å². The van der Waals surface area contributed by atoms with Crippen molar-refractivity contribution < 1.29 is 9.53 Å². The smallest absolute Gasteiger partial charge is 0.241 e. The van der Waals surface area contributed by atoms with E-state index in [2.05, 4.69) is 15.5 Å². The number of methoxy groups -OCH3 is 1. The van der Waals surface area contributed by atoms with Crippen LogP contribution in [0.1, 0.15) is 17.8 Å². The van der Waals surface area contributed by atoms with Crippen LogP contribution < -0.4 is 10.2 Å². The Morgan fingerprint density at radius 1 is 1.14 bits per heavy atom. The average Bonchev–Trinajstić information content (AvgIpc) is 3.07. The number of amides is 1. The van der Waals surface area contributed by atoms with Crippen LogP contribution in [0.2, 0.25) is 0 Å². The summed E-state index contributed by atoms with van der Waals surface area (Å²) in [4.78, 5) is 16.8. The van der Waals surface area contributed by atoms with Gasteiger partial charge in [0.05, 0.1) is 24.4 Å². The lowest BCUT2D eigenvalue weighted by molar-refractivity contribution is -0.121. The second-order valence-corrected chi connectivity index (χ2v) is 6.75. The summed E-state index contributed by atoms with van der Waals surface area (Å²) in [5.41, 5.74) is 5.42. The Balaban J connectivity index is 1.45. The van der Waals surface area contributed by atoms with E-state index in [1.165, 1.54) is 0 Å². The van der Waals surface area contributed by atoms with Crippen molar-refractivity contribution in [3.63, 3.8) is 0 Å². The summed E-state index contributed by atoms with van der Waals surface area (Å²) in [7, 11) is 1.62. The second kappa shape index (κ2) is 8.14. The lowest BCUT2D eigenvalue weighted by atomic mass is 10.0. The number of carbonyl (C=O) groups excluding carboxylic acids is 1. The number of hydrogen-bond donors (Lipinski definition) is 1. The van der Waals surface area contributed by atoms with Crippen molar-refractivity contribution in [3.8, 4) is 5.75 Å². The number of fused-ring (bicyclic) bond motifs is 2. The van der Waals surface area contributed by atoms with Crippen molar-refractivity contribution >= 4 is 33.9 Å². The molecule has 6 heteroatoms. The summed E-state index contributed by atoms with van der Waals surface area (Å²) in [5.74, 6) is 1.45. The summed E-state index contributed by atoms with van der Waals surface area (Å²) >= 11 is 0. The third-order valence-corrected chi connectivity index (χ3v) is 4.94. The Labute approximate surface area is 168 Å². The van der Waals surface area contributed by atoms with Crippen molar-refractivity contribution in [2.24, 2.45) is 5.10 Å². The minimum absolute atomic E-state index is 0.155. The van der Waals surface area contributed by atoms with Crippen molar-refractivity contribution in [1.29, 1.82) is 0 Å². The van der Waals surface area contributed by atoms with Gasteiger partial charge in [-0.25, -0.2) is 10.4 Å². The molecular weight excluding hydrogens is 364 g/mol. The molecule has 1 aromatic heterocycles. The molecule has 0 aliphatic heterocycles. The number of para-hydroxylation sites is 2. The lowest BCUT2D eigenvalue weighted by Crippen LogP contribution is -2.19. The van der Waals surface area contributed by atoms with Gasteiger partial charge in [-0.3, -0.25) is 4.79 Å². The molecule has 4 aromatic rings. The third-order valence-electron chi connectivity index (χ3n) is 4.94. The van der Waals surface area contributed by atoms with E-state index < -0.39 is 0 Å². The molecule has 6 nitrogen and oxygen atoms in total. The highest BCUT2D eigenvalue weighted by Gasteiger charge is 2.09. The maximum atomic E-state index is 12.3. The summed E-state index contributed by atoms with van der Waals surface area (Å²) in [6.45, 7) is 2.49. The Hall–Kier alpha value is -3.67. The molecule has 1 amide bonds. The first-order valence-electron chi connectivity index (χ1n) is 9.47. The lowest BCUT2D eigenvalue weighted by Gasteiger charge is -2.08. The molecule has 29 heavy (non-hydrogen) atoms. The van der Waals surface area contributed by atoms with Crippen LogP contribution in [-0.2, 0) is 11.3 Å². The molecule has 4 rings (SSSR count). The molecule has 3 aromatic carbocycles. The Morgan fingerprint density at radius 2 is 1.93 bits per heavy atom. The molecule has 0 radical (unpaired) electrons. The van der Waals surface area contributed by atoms with E-state index in [0.29, 0.717) is 18.7 Å². The van der Waals surface area contributed by atoms with Crippen molar-refractivity contribution in [1.82, 2.24) is 15.0 Å². The number of aryl methyl sites for hydroxylation is 2. The molecule has 146 valence electrons. The van der Waals surface area contributed by atoms with Crippen molar-refractivity contribution in [2.75, 3.05) is 7.11 Å². The number of nitrogens with one attached hydrogen (secondary N) is 1. The van der Waals surface area contributed by atoms with E-state index in [0.717, 1.165) is 33.2 Å². The van der Waals surface area contributed by atoms with Crippen LogP contribution >= 0.6 is 0 Å². The van der Waals surface area contributed by atoms with Crippen LogP contribution in [0.15, 0.2) is 65.8 Å². The summed E-state index contributed by atoms with van der Waals surface area (Å²) in [5, 5.41) is 6.26. The van der Waals surface area contributed by atoms with E-state index in [-0.39, 0.29) is 5.91 Å².